The van der Waals surface area contributed by atoms with E-state index in [1.807, 2.05) is 0 Å². The first-order valence-electron chi connectivity index (χ1n) is 4.70. The summed E-state index contributed by atoms with van der Waals surface area (Å²) in [7, 11) is 0. The maximum atomic E-state index is 11.8. The molecule has 0 aromatic carbocycles. The lowest BCUT2D eigenvalue weighted by Crippen LogP contribution is -2.38. The van der Waals surface area contributed by atoms with Crippen molar-refractivity contribution in [1.82, 2.24) is 5.32 Å². The molecule has 0 fully saturated rings. The van der Waals surface area contributed by atoms with E-state index in [1.165, 1.54) is 11.3 Å². The number of hydrogen-bond acceptors (Lipinski definition) is 3. The zero-order valence-electron chi connectivity index (χ0n) is 9.21. The number of carbonyl (C=O) groups excluding carboxylic acids is 1. The van der Waals surface area contributed by atoms with Gasteiger partial charge in [0.2, 0.25) is 0 Å². The molecule has 1 aromatic rings. The van der Waals surface area contributed by atoms with Gasteiger partial charge in [0.25, 0.3) is 5.91 Å². The summed E-state index contributed by atoms with van der Waals surface area (Å²) >= 11 is 7.95. The van der Waals surface area contributed by atoms with Crippen molar-refractivity contribution in [2.75, 3.05) is 6.54 Å². The lowest BCUT2D eigenvalue weighted by Gasteiger charge is -2.19. The highest BCUT2D eigenvalue weighted by Crippen LogP contribution is 2.31. The van der Waals surface area contributed by atoms with Crippen LogP contribution in [0.2, 0.25) is 0 Å². The van der Waals surface area contributed by atoms with E-state index in [-0.39, 0.29) is 12.5 Å². The van der Waals surface area contributed by atoms with Crippen molar-refractivity contribution in [3.63, 3.8) is 0 Å². The van der Waals surface area contributed by atoms with Gasteiger partial charge in [-0.05, 0) is 51.8 Å². The van der Waals surface area contributed by atoms with E-state index in [4.69, 9.17) is 5.11 Å². The molecule has 0 saturated carbocycles. The second-order valence-electron chi connectivity index (χ2n) is 4.11. The average Bonchev–Trinajstić information content (AvgIpc) is 2.54. The average molecular weight is 385 g/mol. The standard InChI is InChI=1S/C10H11Br2NO3S/c1-10(2,9(15)16)4-13-8(14)5-3-6(11)17-7(5)12/h3H,4H2,1-2H3,(H,13,14)(H,15,16). The highest BCUT2D eigenvalue weighted by Gasteiger charge is 2.28. The topological polar surface area (TPSA) is 66.4 Å². The number of amides is 1. The Balaban J connectivity index is 2.68. The Morgan fingerprint density at radius 3 is 2.47 bits per heavy atom. The first kappa shape index (κ1) is 14.7. The van der Waals surface area contributed by atoms with Crippen LogP contribution in [0.3, 0.4) is 0 Å². The third kappa shape index (κ3) is 3.79. The van der Waals surface area contributed by atoms with E-state index in [0.29, 0.717) is 5.56 Å². The predicted molar refractivity (Wildman–Crippen MR) is 73.5 cm³/mol. The molecule has 1 rings (SSSR count). The molecule has 0 atom stereocenters. The highest BCUT2D eigenvalue weighted by atomic mass is 79.9. The fourth-order valence-electron chi connectivity index (χ4n) is 0.967. The normalized spacial score (nSPS) is 11.3. The van der Waals surface area contributed by atoms with Gasteiger partial charge in [-0.3, -0.25) is 9.59 Å². The monoisotopic (exact) mass is 383 g/mol. The maximum absolute atomic E-state index is 11.8. The van der Waals surface area contributed by atoms with E-state index in [2.05, 4.69) is 37.2 Å². The molecule has 0 aliphatic heterocycles. The minimum atomic E-state index is -0.977. The summed E-state index contributed by atoms with van der Waals surface area (Å²) in [5.74, 6) is -1.23. The molecule has 0 aliphatic rings. The van der Waals surface area contributed by atoms with Crippen LogP contribution in [-0.4, -0.2) is 23.5 Å². The summed E-state index contributed by atoms with van der Waals surface area (Å²) in [6, 6.07) is 1.69. The van der Waals surface area contributed by atoms with Crippen molar-refractivity contribution in [3.8, 4) is 0 Å². The first-order chi connectivity index (χ1) is 7.74. The summed E-state index contributed by atoms with van der Waals surface area (Å²) in [4.78, 5) is 22.7. The lowest BCUT2D eigenvalue weighted by molar-refractivity contribution is -0.146. The van der Waals surface area contributed by atoms with Gasteiger partial charge in [-0.25, -0.2) is 0 Å². The largest absolute Gasteiger partial charge is 0.481 e. The molecule has 0 spiro atoms. The van der Waals surface area contributed by atoms with Crippen LogP contribution in [0.15, 0.2) is 13.6 Å². The third-order valence-corrected chi connectivity index (χ3v) is 4.51. The second-order valence-corrected chi connectivity index (χ2v) is 7.86. The van der Waals surface area contributed by atoms with Crippen LogP contribution in [0.25, 0.3) is 0 Å². The first-order valence-corrected chi connectivity index (χ1v) is 7.11. The summed E-state index contributed by atoms with van der Waals surface area (Å²) in [5.41, 5.74) is -0.474. The van der Waals surface area contributed by atoms with Gasteiger partial charge in [-0.15, -0.1) is 11.3 Å². The molecular weight excluding hydrogens is 374 g/mol. The number of nitrogens with one attached hydrogen (secondary N) is 1. The van der Waals surface area contributed by atoms with Crippen LogP contribution in [-0.2, 0) is 4.79 Å². The van der Waals surface area contributed by atoms with Gasteiger partial charge >= 0.3 is 5.97 Å². The van der Waals surface area contributed by atoms with Gasteiger partial charge < -0.3 is 10.4 Å². The number of carbonyl (C=O) groups is 2. The Hall–Kier alpha value is -0.400. The molecule has 0 unspecified atom stereocenters. The molecular formula is C10H11Br2NO3S. The van der Waals surface area contributed by atoms with Crippen LogP contribution in [0.1, 0.15) is 24.2 Å². The molecule has 94 valence electrons. The Bertz CT molecular complexity index is 456. The van der Waals surface area contributed by atoms with E-state index in [1.54, 1.807) is 19.9 Å². The lowest BCUT2D eigenvalue weighted by atomic mass is 9.94. The van der Waals surface area contributed by atoms with Crippen molar-refractivity contribution < 1.29 is 14.7 Å². The smallest absolute Gasteiger partial charge is 0.310 e. The number of rotatable bonds is 4. The highest BCUT2D eigenvalue weighted by molar-refractivity contribution is 9.12. The summed E-state index contributed by atoms with van der Waals surface area (Å²) < 4.78 is 1.56. The van der Waals surface area contributed by atoms with Crippen LogP contribution in [0.4, 0.5) is 0 Å². The van der Waals surface area contributed by atoms with Gasteiger partial charge in [0.05, 0.1) is 18.6 Å². The van der Waals surface area contributed by atoms with Crippen molar-refractivity contribution in [3.05, 3.63) is 19.2 Å². The molecule has 1 aromatic heterocycles. The fourth-order valence-corrected chi connectivity index (χ4v) is 3.76. The number of thiophene rings is 1. The molecule has 0 saturated heterocycles. The van der Waals surface area contributed by atoms with E-state index in [9.17, 15) is 9.59 Å². The number of hydrogen-bond donors (Lipinski definition) is 2. The fraction of sp³-hybridized carbons (Fsp3) is 0.400. The summed E-state index contributed by atoms with van der Waals surface area (Å²) in [6.45, 7) is 3.21. The SMILES string of the molecule is CC(C)(CNC(=O)c1cc(Br)sc1Br)C(=O)O. The molecule has 17 heavy (non-hydrogen) atoms. The van der Waals surface area contributed by atoms with Crippen molar-refractivity contribution >= 4 is 55.1 Å². The molecule has 7 heteroatoms. The van der Waals surface area contributed by atoms with Gasteiger partial charge in [-0.2, -0.15) is 0 Å². The van der Waals surface area contributed by atoms with Gasteiger partial charge in [0.1, 0.15) is 0 Å². The van der Waals surface area contributed by atoms with Gasteiger partial charge in [0, 0.05) is 6.54 Å². The van der Waals surface area contributed by atoms with Crippen LogP contribution >= 0.6 is 43.2 Å². The molecule has 0 radical (unpaired) electrons. The van der Waals surface area contributed by atoms with Crippen LogP contribution in [0.5, 0.6) is 0 Å². The Labute approximate surface area is 120 Å². The van der Waals surface area contributed by atoms with Gasteiger partial charge in [-0.1, -0.05) is 0 Å². The van der Waals surface area contributed by atoms with Crippen LogP contribution in [0, 0.1) is 5.41 Å². The van der Waals surface area contributed by atoms with Gasteiger partial charge in [0.15, 0.2) is 0 Å². The second kappa shape index (κ2) is 5.49. The summed E-state index contributed by atoms with van der Waals surface area (Å²) in [5, 5.41) is 11.5. The Morgan fingerprint density at radius 1 is 1.47 bits per heavy atom. The molecule has 2 N–H and O–H groups in total. The number of halogens is 2. The molecule has 0 bridgehead atoms. The Morgan fingerprint density at radius 2 is 2.06 bits per heavy atom. The van der Waals surface area contributed by atoms with Crippen molar-refractivity contribution in [1.29, 1.82) is 0 Å². The molecule has 0 aliphatic carbocycles. The quantitative estimate of drug-likeness (QED) is 0.837. The van der Waals surface area contributed by atoms with Crippen LogP contribution < -0.4 is 5.32 Å². The number of carboxylic acids is 1. The minimum absolute atomic E-state index is 0.0844. The van der Waals surface area contributed by atoms with Crippen molar-refractivity contribution in [2.45, 2.75) is 13.8 Å². The predicted octanol–water partition coefficient (Wildman–Crippen LogP) is 3.11. The molecule has 4 nitrogen and oxygen atoms in total. The minimum Gasteiger partial charge on any atom is -0.481 e. The zero-order valence-corrected chi connectivity index (χ0v) is 13.2. The maximum Gasteiger partial charge on any atom is 0.310 e. The summed E-state index contributed by atoms with van der Waals surface area (Å²) in [6.07, 6.45) is 0. The molecule has 1 heterocycles. The van der Waals surface area contributed by atoms with E-state index < -0.39 is 11.4 Å². The van der Waals surface area contributed by atoms with E-state index in [0.717, 1.165) is 7.57 Å². The number of aliphatic carboxylic acids is 1. The van der Waals surface area contributed by atoms with Crippen molar-refractivity contribution in [2.24, 2.45) is 5.41 Å². The number of carboxylic acid groups (broad SMARTS) is 1. The van der Waals surface area contributed by atoms with E-state index >= 15 is 0 Å². The molecule has 1 amide bonds. The third-order valence-electron chi connectivity index (χ3n) is 2.17. The zero-order chi connectivity index (χ0) is 13.2. The Kier molecular flexibility index (Phi) is 4.74.